The van der Waals surface area contributed by atoms with Gasteiger partial charge in [-0.3, -0.25) is 9.69 Å². The van der Waals surface area contributed by atoms with Gasteiger partial charge in [0.25, 0.3) is 0 Å². The van der Waals surface area contributed by atoms with Crippen LogP contribution in [0.25, 0.3) is 10.2 Å². The molecular formula is C16H20N2O2S. The lowest BCUT2D eigenvalue weighted by atomic mass is 9.96. The molecule has 1 unspecified atom stereocenters. The van der Waals surface area contributed by atoms with Crippen LogP contribution in [-0.4, -0.2) is 40.1 Å². The standard InChI is InChI=1S/C16H20N2O2S/c1-2-13(16(19)20)18-9-7-11(8-10-18)15-17-12-5-3-4-6-14(12)21-15/h3-6,11,13H,2,7-10H2,1H3,(H,19,20). The van der Waals surface area contributed by atoms with Gasteiger partial charge in [0.15, 0.2) is 0 Å². The summed E-state index contributed by atoms with van der Waals surface area (Å²) in [4.78, 5) is 18.1. The van der Waals surface area contributed by atoms with Crippen molar-refractivity contribution in [1.29, 1.82) is 0 Å². The van der Waals surface area contributed by atoms with E-state index >= 15 is 0 Å². The molecule has 0 amide bonds. The first-order valence-corrected chi connectivity index (χ1v) is 8.33. The topological polar surface area (TPSA) is 53.4 Å². The Labute approximate surface area is 128 Å². The number of piperidine rings is 1. The lowest BCUT2D eigenvalue weighted by molar-refractivity contribution is -0.143. The first-order valence-electron chi connectivity index (χ1n) is 7.51. The van der Waals surface area contributed by atoms with Crippen LogP contribution in [0.15, 0.2) is 24.3 Å². The van der Waals surface area contributed by atoms with Gasteiger partial charge in [0.05, 0.1) is 15.2 Å². The number of aliphatic carboxylic acids is 1. The Morgan fingerprint density at radius 2 is 2.14 bits per heavy atom. The highest BCUT2D eigenvalue weighted by atomic mass is 32.1. The fraction of sp³-hybridized carbons (Fsp3) is 0.500. The molecule has 1 aromatic carbocycles. The molecule has 2 heterocycles. The molecular weight excluding hydrogens is 284 g/mol. The SMILES string of the molecule is CCC(C(=O)O)N1CCC(c2nc3ccccc3s2)CC1. The minimum absolute atomic E-state index is 0.332. The van der Waals surface area contributed by atoms with E-state index in [2.05, 4.69) is 17.0 Å². The maximum atomic E-state index is 11.2. The van der Waals surface area contributed by atoms with Gasteiger partial charge in [-0.25, -0.2) is 4.98 Å². The molecule has 3 rings (SSSR count). The van der Waals surface area contributed by atoms with Crippen molar-refractivity contribution < 1.29 is 9.90 Å². The van der Waals surface area contributed by atoms with Gasteiger partial charge in [0.2, 0.25) is 0 Å². The number of fused-ring (bicyclic) bond motifs is 1. The number of benzene rings is 1. The summed E-state index contributed by atoms with van der Waals surface area (Å²) in [5.41, 5.74) is 1.08. The number of likely N-dealkylation sites (tertiary alicyclic amines) is 1. The molecule has 21 heavy (non-hydrogen) atoms. The number of rotatable bonds is 4. The number of carbonyl (C=O) groups is 1. The number of thiazole rings is 1. The maximum absolute atomic E-state index is 11.2. The van der Waals surface area contributed by atoms with E-state index in [4.69, 9.17) is 4.98 Å². The maximum Gasteiger partial charge on any atom is 0.320 e. The van der Waals surface area contributed by atoms with Gasteiger partial charge in [-0.1, -0.05) is 19.1 Å². The van der Waals surface area contributed by atoms with Crippen LogP contribution in [0.1, 0.15) is 37.1 Å². The van der Waals surface area contributed by atoms with Gasteiger partial charge in [-0.05, 0) is 44.5 Å². The Morgan fingerprint density at radius 3 is 2.76 bits per heavy atom. The van der Waals surface area contributed by atoms with Crippen LogP contribution in [0.3, 0.4) is 0 Å². The van der Waals surface area contributed by atoms with E-state index in [9.17, 15) is 9.90 Å². The monoisotopic (exact) mass is 304 g/mol. The first-order chi connectivity index (χ1) is 10.2. The Morgan fingerprint density at radius 1 is 1.43 bits per heavy atom. The molecule has 1 fully saturated rings. The van der Waals surface area contributed by atoms with Crippen LogP contribution < -0.4 is 0 Å². The van der Waals surface area contributed by atoms with Crippen molar-refractivity contribution in [3.05, 3.63) is 29.3 Å². The molecule has 0 spiro atoms. The molecule has 1 aliphatic rings. The average molecular weight is 304 g/mol. The lowest BCUT2D eigenvalue weighted by Crippen LogP contribution is -2.44. The number of hydrogen-bond donors (Lipinski definition) is 1. The summed E-state index contributed by atoms with van der Waals surface area (Å²) >= 11 is 1.78. The molecule has 5 heteroatoms. The highest BCUT2D eigenvalue weighted by molar-refractivity contribution is 7.18. The van der Waals surface area contributed by atoms with Crippen LogP contribution in [0.2, 0.25) is 0 Å². The molecule has 0 saturated carbocycles. The fourth-order valence-corrected chi connectivity index (χ4v) is 4.25. The van der Waals surface area contributed by atoms with Gasteiger partial charge < -0.3 is 5.11 Å². The minimum atomic E-state index is -0.698. The number of carboxylic acids is 1. The third-order valence-electron chi connectivity index (χ3n) is 4.30. The third-order valence-corrected chi connectivity index (χ3v) is 5.50. The van der Waals surface area contributed by atoms with Crippen molar-refractivity contribution in [1.82, 2.24) is 9.88 Å². The van der Waals surface area contributed by atoms with Crippen molar-refractivity contribution in [2.24, 2.45) is 0 Å². The van der Waals surface area contributed by atoms with E-state index in [-0.39, 0.29) is 6.04 Å². The van der Waals surface area contributed by atoms with Gasteiger partial charge in [-0.2, -0.15) is 0 Å². The van der Waals surface area contributed by atoms with Gasteiger partial charge in [0.1, 0.15) is 6.04 Å². The first kappa shape index (κ1) is 14.5. The van der Waals surface area contributed by atoms with E-state index in [1.54, 1.807) is 11.3 Å². The van der Waals surface area contributed by atoms with Crippen LogP contribution in [0, 0.1) is 0 Å². The molecule has 1 N–H and O–H groups in total. The molecule has 112 valence electrons. The highest BCUT2D eigenvalue weighted by Crippen LogP contribution is 2.34. The van der Waals surface area contributed by atoms with Crippen LogP contribution in [0.5, 0.6) is 0 Å². The zero-order valence-electron chi connectivity index (χ0n) is 12.2. The minimum Gasteiger partial charge on any atom is -0.480 e. The predicted molar refractivity (Wildman–Crippen MR) is 84.9 cm³/mol. The van der Waals surface area contributed by atoms with Crippen LogP contribution in [0.4, 0.5) is 0 Å². The average Bonchev–Trinajstić information content (AvgIpc) is 2.92. The molecule has 0 radical (unpaired) electrons. The third kappa shape index (κ3) is 2.94. The number of carboxylic acid groups (broad SMARTS) is 1. The van der Waals surface area contributed by atoms with E-state index in [0.29, 0.717) is 12.3 Å². The van der Waals surface area contributed by atoms with E-state index in [0.717, 1.165) is 31.4 Å². The number of hydrogen-bond acceptors (Lipinski definition) is 4. The number of aromatic nitrogens is 1. The smallest absolute Gasteiger partial charge is 0.320 e. The highest BCUT2D eigenvalue weighted by Gasteiger charge is 2.29. The zero-order valence-corrected chi connectivity index (χ0v) is 13.0. The second-order valence-corrected chi connectivity index (χ2v) is 6.65. The van der Waals surface area contributed by atoms with Crippen LogP contribution in [-0.2, 0) is 4.79 Å². The van der Waals surface area contributed by atoms with Gasteiger partial charge in [0, 0.05) is 5.92 Å². The van der Waals surface area contributed by atoms with Gasteiger partial charge >= 0.3 is 5.97 Å². The second-order valence-electron chi connectivity index (χ2n) is 5.59. The summed E-state index contributed by atoms with van der Waals surface area (Å²) < 4.78 is 1.24. The molecule has 0 bridgehead atoms. The molecule has 1 aromatic heterocycles. The normalized spacial score (nSPS) is 18.9. The Kier molecular flexibility index (Phi) is 4.22. The summed E-state index contributed by atoms with van der Waals surface area (Å²) in [7, 11) is 0. The molecule has 4 nitrogen and oxygen atoms in total. The van der Waals surface area contributed by atoms with Gasteiger partial charge in [-0.15, -0.1) is 11.3 Å². The number of para-hydroxylation sites is 1. The summed E-state index contributed by atoms with van der Waals surface area (Å²) in [6, 6.07) is 7.91. The molecule has 2 aromatic rings. The predicted octanol–water partition coefficient (Wildman–Crippen LogP) is 3.34. The van der Waals surface area contributed by atoms with Crippen molar-refractivity contribution in [3.63, 3.8) is 0 Å². The van der Waals surface area contributed by atoms with Crippen molar-refractivity contribution in [3.8, 4) is 0 Å². The lowest BCUT2D eigenvalue weighted by Gasteiger charge is -2.34. The number of nitrogens with zero attached hydrogens (tertiary/aromatic N) is 2. The van der Waals surface area contributed by atoms with Crippen molar-refractivity contribution in [2.45, 2.75) is 38.1 Å². The fourth-order valence-electron chi connectivity index (χ4n) is 3.11. The Hall–Kier alpha value is -1.46. The molecule has 1 saturated heterocycles. The second kappa shape index (κ2) is 6.12. The summed E-state index contributed by atoms with van der Waals surface area (Å²) in [6.07, 6.45) is 2.67. The summed E-state index contributed by atoms with van der Waals surface area (Å²) in [5, 5.41) is 10.5. The Bertz CT molecular complexity index is 599. The summed E-state index contributed by atoms with van der Waals surface area (Å²) in [5.74, 6) is -0.221. The molecule has 1 atom stereocenters. The quantitative estimate of drug-likeness (QED) is 0.941. The molecule has 1 aliphatic heterocycles. The zero-order chi connectivity index (χ0) is 14.8. The van der Waals surface area contributed by atoms with E-state index < -0.39 is 5.97 Å². The largest absolute Gasteiger partial charge is 0.480 e. The van der Waals surface area contributed by atoms with Crippen molar-refractivity contribution >= 4 is 27.5 Å². The van der Waals surface area contributed by atoms with E-state index in [1.165, 1.54) is 9.71 Å². The van der Waals surface area contributed by atoms with Crippen LogP contribution >= 0.6 is 11.3 Å². The Balaban J connectivity index is 1.69. The summed E-state index contributed by atoms with van der Waals surface area (Å²) in [6.45, 7) is 3.65. The van der Waals surface area contributed by atoms with Crippen molar-refractivity contribution in [2.75, 3.05) is 13.1 Å². The van der Waals surface area contributed by atoms with E-state index in [1.807, 2.05) is 19.1 Å². The molecule has 0 aliphatic carbocycles.